The maximum Gasteiger partial charge on any atom is 0.242 e. The molecule has 2 saturated heterocycles. The molecule has 4 rings (SSSR count). The molecular formula is C25H35N3O4. The van der Waals surface area contributed by atoms with Gasteiger partial charge in [0.2, 0.25) is 17.7 Å². The van der Waals surface area contributed by atoms with Gasteiger partial charge in [0.05, 0.1) is 18.5 Å². The Labute approximate surface area is 190 Å². The lowest BCUT2D eigenvalue weighted by Crippen LogP contribution is -2.52. The van der Waals surface area contributed by atoms with Gasteiger partial charge in [0.25, 0.3) is 0 Å². The smallest absolute Gasteiger partial charge is 0.242 e. The van der Waals surface area contributed by atoms with E-state index in [0.717, 1.165) is 44.3 Å². The number of para-hydroxylation sites is 1. The molecule has 174 valence electrons. The molecule has 7 nitrogen and oxygen atoms in total. The Balaban J connectivity index is 1.35. The van der Waals surface area contributed by atoms with Gasteiger partial charge >= 0.3 is 0 Å². The van der Waals surface area contributed by atoms with Crippen LogP contribution in [0.4, 0.5) is 0 Å². The van der Waals surface area contributed by atoms with E-state index in [-0.39, 0.29) is 24.3 Å². The minimum Gasteiger partial charge on any atom is -0.491 e. The molecule has 32 heavy (non-hydrogen) atoms. The van der Waals surface area contributed by atoms with Gasteiger partial charge < -0.3 is 19.9 Å². The lowest BCUT2D eigenvalue weighted by atomic mass is 9.73. The largest absolute Gasteiger partial charge is 0.491 e. The zero-order valence-corrected chi connectivity index (χ0v) is 18.9. The maximum absolute atomic E-state index is 13.2. The van der Waals surface area contributed by atoms with Gasteiger partial charge in [0.15, 0.2) is 0 Å². The predicted molar refractivity (Wildman–Crippen MR) is 121 cm³/mol. The first-order chi connectivity index (χ1) is 15.6. The van der Waals surface area contributed by atoms with Crippen LogP contribution in [-0.4, -0.2) is 66.9 Å². The highest BCUT2D eigenvalue weighted by Crippen LogP contribution is 2.37. The fourth-order valence-corrected chi connectivity index (χ4v) is 5.23. The number of nitrogens with zero attached hydrogens (tertiary/aromatic N) is 2. The topological polar surface area (TPSA) is 79.0 Å². The molecule has 2 fully saturated rings. The van der Waals surface area contributed by atoms with Crippen molar-refractivity contribution in [2.24, 2.45) is 5.41 Å². The molecule has 0 aliphatic carbocycles. The highest BCUT2D eigenvalue weighted by atomic mass is 16.5. The Morgan fingerprint density at radius 1 is 0.969 bits per heavy atom. The van der Waals surface area contributed by atoms with Crippen molar-refractivity contribution in [2.45, 2.75) is 57.8 Å². The third-order valence-corrected chi connectivity index (χ3v) is 7.27. The Kier molecular flexibility index (Phi) is 7.33. The summed E-state index contributed by atoms with van der Waals surface area (Å²) in [5.74, 6) is 1.09. The summed E-state index contributed by atoms with van der Waals surface area (Å²) in [6.07, 6.45) is 7.74. The van der Waals surface area contributed by atoms with E-state index in [1.54, 1.807) is 4.90 Å². The van der Waals surface area contributed by atoms with Crippen LogP contribution in [0, 0.1) is 5.41 Å². The molecule has 0 bridgehead atoms. The molecule has 1 aromatic rings. The van der Waals surface area contributed by atoms with Crippen molar-refractivity contribution in [1.82, 2.24) is 15.1 Å². The Morgan fingerprint density at radius 3 is 2.56 bits per heavy atom. The van der Waals surface area contributed by atoms with E-state index < -0.39 is 5.41 Å². The third kappa shape index (κ3) is 5.25. The molecule has 0 saturated carbocycles. The number of carbonyl (C=O) groups excluding carboxylic acids is 3. The van der Waals surface area contributed by atoms with Gasteiger partial charge in [-0.3, -0.25) is 14.4 Å². The number of rotatable bonds is 2. The zero-order chi connectivity index (χ0) is 22.4. The van der Waals surface area contributed by atoms with Gasteiger partial charge in [0.1, 0.15) is 12.4 Å². The number of piperidine rings is 1. The van der Waals surface area contributed by atoms with Crippen molar-refractivity contribution in [2.75, 3.05) is 39.3 Å². The lowest BCUT2D eigenvalue weighted by Gasteiger charge is -2.41. The van der Waals surface area contributed by atoms with Gasteiger partial charge in [-0.25, -0.2) is 0 Å². The predicted octanol–water partition coefficient (Wildman–Crippen LogP) is 2.53. The molecule has 0 aromatic heterocycles. The normalized spacial score (nSPS) is 22.2. The van der Waals surface area contributed by atoms with E-state index >= 15 is 0 Å². The average molecular weight is 442 g/mol. The van der Waals surface area contributed by atoms with Crippen molar-refractivity contribution in [3.8, 4) is 5.75 Å². The molecule has 1 N–H and O–H groups in total. The fraction of sp³-hybridized carbons (Fsp3) is 0.640. The number of hydrogen-bond donors (Lipinski definition) is 1. The van der Waals surface area contributed by atoms with E-state index in [0.29, 0.717) is 52.0 Å². The summed E-state index contributed by atoms with van der Waals surface area (Å²) >= 11 is 0. The molecule has 0 radical (unpaired) electrons. The molecule has 1 aromatic carbocycles. The Morgan fingerprint density at radius 2 is 1.78 bits per heavy atom. The monoisotopic (exact) mass is 441 g/mol. The summed E-state index contributed by atoms with van der Waals surface area (Å²) in [6.45, 7) is 2.95. The number of likely N-dealkylation sites (tertiary alicyclic amines) is 2. The zero-order valence-electron chi connectivity index (χ0n) is 18.9. The second-order valence-electron chi connectivity index (χ2n) is 9.35. The number of aryl methyl sites for hydroxylation is 1. The number of benzene rings is 1. The minimum absolute atomic E-state index is 0.00585. The summed E-state index contributed by atoms with van der Waals surface area (Å²) in [6, 6.07) is 8.16. The quantitative estimate of drug-likeness (QED) is 0.765. The average Bonchev–Trinajstić information content (AvgIpc) is 3.21. The Hall–Kier alpha value is -2.57. The van der Waals surface area contributed by atoms with Crippen molar-refractivity contribution in [1.29, 1.82) is 0 Å². The van der Waals surface area contributed by atoms with E-state index in [1.165, 1.54) is 5.56 Å². The van der Waals surface area contributed by atoms with Crippen LogP contribution in [0.25, 0.3) is 0 Å². The van der Waals surface area contributed by atoms with Gasteiger partial charge in [-0.2, -0.15) is 0 Å². The fourth-order valence-electron chi connectivity index (χ4n) is 5.23. The van der Waals surface area contributed by atoms with Crippen LogP contribution in [-0.2, 0) is 20.8 Å². The van der Waals surface area contributed by atoms with Crippen LogP contribution in [0.3, 0.4) is 0 Å². The SMILES string of the molecule is O=C(CN1CCCC1=O)N1CCC2(CCCCCc3ccccc3OCCNC2=O)CC1. The number of hydrogen-bond acceptors (Lipinski definition) is 4. The minimum atomic E-state index is -0.416. The van der Waals surface area contributed by atoms with Crippen LogP contribution >= 0.6 is 0 Å². The standard InChI is InChI=1S/C25H35N3O4/c29-22-10-6-15-28(22)19-23(30)27-16-12-25(13-17-27)11-5-1-2-7-20-8-3-4-9-21(20)32-18-14-26-24(25)31/h3-4,8-9H,1-2,5-7,10-19H2,(H,26,31). The van der Waals surface area contributed by atoms with Crippen LogP contribution in [0.5, 0.6) is 5.75 Å². The first-order valence-electron chi connectivity index (χ1n) is 12.1. The maximum atomic E-state index is 13.2. The van der Waals surface area contributed by atoms with Crippen molar-refractivity contribution < 1.29 is 19.1 Å². The highest BCUT2D eigenvalue weighted by molar-refractivity contribution is 5.86. The molecule has 3 aliphatic rings. The highest BCUT2D eigenvalue weighted by Gasteiger charge is 2.41. The molecule has 3 aliphatic heterocycles. The van der Waals surface area contributed by atoms with Crippen molar-refractivity contribution in [3.63, 3.8) is 0 Å². The number of carbonyl (C=O) groups is 3. The van der Waals surface area contributed by atoms with Crippen LogP contribution in [0.1, 0.15) is 56.9 Å². The van der Waals surface area contributed by atoms with Gasteiger partial charge in [0, 0.05) is 26.1 Å². The van der Waals surface area contributed by atoms with Gasteiger partial charge in [-0.1, -0.05) is 31.0 Å². The first kappa shape index (κ1) is 22.6. The lowest BCUT2D eigenvalue weighted by molar-refractivity contribution is -0.143. The number of fused-ring (bicyclic) bond motifs is 1. The molecule has 3 amide bonds. The summed E-state index contributed by atoms with van der Waals surface area (Å²) in [5.41, 5.74) is 0.817. The molecule has 1 spiro atoms. The molecular weight excluding hydrogens is 406 g/mol. The first-order valence-corrected chi connectivity index (χ1v) is 12.1. The van der Waals surface area contributed by atoms with Crippen LogP contribution < -0.4 is 10.1 Å². The number of nitrogens with one attached hydrogen (secondary N) is 1. The van der Waals surface area contributed by atoms with Crippen LogP contribution in [0.2, 0.25) is 0 Å². The molecule has 3 heterocycles. The van der Waals surface area contributed by atoms with E-state index in [9.17, 15) is 14.4 Å². The van der Waals surface area contributed by atoms with Crippen LogP contribution in [0.15, 0.2) is 24.3 Å². The summed E-state index contributed by atoms with van der Waals surface area (Å²) < 4.78 is 5.95. The number of amides is 3. The van der Waals surface area contributed by atoms with E-state index in [4.69, 9.17) is 4.74 Å². The van der Waals surface area contributed by atoms with E-state index in [2.05, 4.69) is 11.4 Å². The Bertz CT molecular complexity index is 832. The molecule has 7 heteroatoms. The summed E-state index contributed by atoms with van der Waals surface area (Å²) in [4.78, 5) is 41.3. The van der Waals surface area contributed by atoms with E-state index in [1.807, 2.05) is 23.1 Å². The summed E-state index contributed by atoms with van der Waals surface area (Å²) in [5, 5.41) is 3.10. The van der Waals surface area contributed by atoms with Crippen molar-refractivity contribution >= 4 is 17.7 Å². The second-order valence-corrected chi connectivity index (χ2v) is 9.35. The van der Waals surface area contributed by atoms with Gasteiger partial charge in [-0.05, 0) is 50.2 Å². The number of ether oxygens (including phenoxy) is 1. The summed E-state index contributed by atoms with van der Waals surface area (Å²) in [7, 11) is 0. The molecule has 0 unspecified atom stereocenters. The van der Waals surface area contributed by atoms with Gasteiger partial charge in [-0.15, -0.1) is 0 Å². The second kappa shape index (κ2) is 10.4. The van der Waals surface area contributed by atoms with Crippen molar-refractivity contribution in [3.05, 3.63) is 29.8 Å². The molecule has 0 atom stereocenters. The third-order valence-electron chi connectivity index (χ3n) is 7.27.